The van der Waals surface area contributed by atoms with E-state index in [9.17, 15) is 28.8 Å². The van der Waals surface area contributed by atoms with E-state index in [1.165, 1.54) is 0 Å². The van der Waals surface area contributed by atoms with Gasteiger partial charge in [-0.05, 0) is 0 Å². The Morgan fingerprint density at radius 2 is 1.07 bits per heavy atom. The molecule has 29 heavy (non-hydrogen) atoms. The summed E-state index contributed by atoms with van der Waals surface area (Å²) in [6.07, 6.45) is -1.82. The molecule has 0 rings (SSSR count). The summed E-state index contributed by atoms with van der Waals surface area (Å²) >= 11 is 0. The molecule has 0 aromatic rings. The van der Waals surface area contributed by atoms with Crippen LogP contribution in [-0.2, 0) is 57.2 Å². The second kappa shape index (κ2) is 11.6. The van der Waals surface area contributed by atoms with Gasteiger partial charge in [-0.15, -0.1) is 0 Å². The van der Waals surface area contributed by atoms with Crippen LogP contribution in [0.4, 0.5) is 0 Å². The first-order valence-corrected chi connectivity index (χ1v) is 8.07. The largest absolute Gasteiger partial charge is 0.469 e. The van der Waals surface area contributed by atoms with Gasteiger partial charge in [0.05, 0.1) is 67.3 Å². The molecule has 0 heterocycles. The monoisotopic (exact) mass is 420 g/mol. The quantitative estimate of drug-likeness (QED) is 0.242. The summed E-state index contributed by atoms with van der Waals surface area (Å²) in [4.78, 5) is 74.3. The van der Waals surface area contributed by atoms with Gasteiger partial charge in [0.1, 0.15) is 0 Å². The highest BCUT2D eigenvalue weighted by Crippen LogP contribution is 2.42. The van der Waals surface area contributed by atoms with E-state index in [1.54, 1.807) is 0 Å². The lowest BCUT2D eigenvalue weighted by molar-refractivity contribution is -0.190. The predicted molar refractivity (Wildman–Crippen MR) is 90.7 cm³/mol. The smallest absolute Gasteiger partial charge is 0.324 e. The fourth-order valence-electron chi connectivity index (χ4n) is 2.84. The topological polar surface area (TPSA) is 158 Å². The molecule has 0 saturated carbocycles. The molecule has 0 aliphatic carbocycles. The zero-order chi connectivity index (χ0) is 22.8. The second-order valence-electron chi connectivity index (χ2n) is 5.62. The Hall–Kier alpha value is -3.18. The van der Waals surface area contributed by atoms with Crippen molar-refractivity contribution in [3.8, 4) is 0 Å². The van der Waals surface area contributed by atoms with Gasteiger partial charge < -0.3 is 28.4 Å². The van der Waals surface area contributed by atoms with Crippen LogP contribution in [0.5, 0.6) is 0 Å². The summed E-state index contributed by atoms with van der Waals surface area (Å²) in [6, 6.07) is 0. The SMILES string of the molecule is COC(=O)CC(C(=O)OC)C(C(=O)OC)C(CC(=O)OC)(C(=O)OC)C(=O)OC. The van der Waals surface area contributed by atoms with E-state index in [4.69, 9.17) is 0 Å². The van der Waals surface area contributed by atoms with Gasteiger partial charge in [-0.2, -0.15) is 0 Å². The zero-order valence-electron chi connectivity index (χ0n) is 17.0. The van der Waals surface area contributed by atoms with Crippen molar-refractivity contribution in [1.82, 2.24) is 0 Å². The van der Waals surface area contributed by atoms with Crippen LogP contribution in [0.25, 0.3) is 0 Å². The average Bonchev–Trinajstić information content (AvgIpc) is 2.74. The molecule has 0 aromatic carbocycles. The normalized spacial score (nSPS) is 12.6. The lowest BCUT2D eigenvalue weighted by atomic mass is 9.66. The van der Waals surface area contributed by atoms with Crippen LogP contribution >= 0.6 is 0 Å². The van der Waals surface area contributed by atoms with Crippen LogP contribution in [0, 0.1) is 17.3 Å². The van der Waals surface area contributed by atoms with E-state index in [2.05, 4.69) is 28.4 Å². The molecule has 0 amide bonds. The summed E-state index contributed by atoms with van der Waals surface area (Å²) in [5.74, 6) is -11.1. The lowest BCUT2D eigenvalue weighted by Crippen LogP contribution is -2.55. The summed E-state index contributed by atoms with van der Waals surface area (Å²) in [6.45, 7) is 0. The van der Waals surface area contributed by atoms with Crippen LogP contribution in [-0.4, -0.2) is 78.5 Å². The van der Waals surface area contributed by atoms with E-state index >= 15 is 0 Å². The fraction of sp³-hybridized carbons (Fsp3) is 0.647. The van der Waals surface area contributed by atoms with Gasteiger partial charge in [0.25, 0.3) is 0 Å². The van der Waals surface area contributed by atoms with Crippen molar-refractivity contribution in [2.45, 2.75) is 12.8 Å². The Bertz CT molecular complexity index is 637. The van der Waals surface area contributed by atoms with Crippen molar-refractivity contribution in [2.24, 2.45) is 17.3 Å². The molecule has 0 aliphatic heterocycles. The maximum Gasteiger partial charge on any atom is 0.324 e. The van der Waals surface area contributed by atoms with E-state index in [1.807, 2.05) is 0 Å². The molecule has 0 N–H and O–H groups in total. The highest BCUT2D eigenvalue weighted by molar-refractivity contribution is 6.07. The lowest BCUT2D eigenvalue weighted by Gasteiger charge is -2.36. The van der Waals surface area contributed by atoms with Crippen molar-refractivity contribution >= 4 is 35.8 Å². The van der Waals surface area contributed by atoms with Gasteiger partial charge >= 0.3 is 35.8 Å². The van der Waals surface area contributed by atoms with Gasteiger partial charge in [0.15, 0.2) is 5.41 Å². The first kappa shape index (κ1) is 25.8. The van der Waals surface area contributed by atoms with Gasteiger partial charge in [0, 0.05) is 0 Å². The Kier molecular flexibility index (Phi) is 10.3. The third-order valence-corrected chi connectivity index (χ3v) is 4.26. The molecular formula is C17H24O12. The number of esters is 6. The summed E-state index contributed by atoms with van der Waals surface area (Å²) in [7, 11) is 5.64. The van der Waals surface area contributed by atoms with Crippen LogP contribution in [0.1, 0.15) is 12.8 Å². The minimum Gasteiger partial charge on any atom is -0.469 e. The molecule has 2 unspecified atom stereocenters. The number of hydrogen-bond acceptors (Lipinski definition) is 12. The van der Waals surface area contributed by atoms with Gasteiger partial charge in [-0.25, -0.2) is 0 Å². The molecule has 164 valence electrons. The first-order chi connectivity index (χ1) is 13.6. The fourth-order valence-corrected chi connectivity index (χ4v) is 2.84. The third kappa shape index (κ3) is 5.65. The Balaban J connectivity index is 7.00. The third-order valence-electron chi connectivity index (χ3n) is 4.26. The number of hydrogen-bond donors (Lipinski definition) is 0. The average molecular weight is 420 g/mol. The van der Waals surface area contributed by atoms with Crippen LogP contribution in [0.15, 0.2) is 0 Å². The molecule has 0 radical (unpaired) electrons. The zero-order valence-corrected chi connectivity index (χ0v) is 17.0. The highest BCUT2D eigenvalue weighted by atomic mass is 16.6. The van der Waals surface area contributed by atoms with Crippen LogP contribution < -0.4 is 0 Å². The molecular weight excluding hydrogens is 396 g/mol. The van der Waals surface area contributed by atoms with E-state index < -0.39 is 65.9 Å². The molecule has 0 fully saturated rings. The summed E-state index contributed by atoms with van der Waals surface area (Å²) in [5.41, 5.74) is -2.71. The van der Waals surface area contributed by atoms with E-state index in [0.717, 1.165) is 42.7 Å². The van der Waals surface area contributed by atoms with Crippen LogP contribution in [0.3, 0.4) is 0 Å². The second-order valence-corrected chi connectivity index (χ2v) is 5.62. The minimum absolute atomic E-state index is 0.778. The summed E-state index contributed by atoms with van der Waals surface area (Å²) < 4.78 is 27.5. The standard InChI is InChI=1S/C17H24O12/c1-24-10(18)7-9(13(20)26-3)12(14(21)27-4)17(15(22)28-5,16(23)29-6)8-11(19)25-2/h9,12H,7-8H2,1-6H3. The Labute approximate surface area is 166 Å². The maximum atomic E-state index is 12.7. The van der Waals surface area contributed by atoms with Crippen molar-refractivity contribution in [1.29, 1.82) is 0 Å². The number of carbonyl (C=O) groups is 6. The molecule has 2 atom stereocenters. The van der Waals surface area contributed by atoms with E-state index in [0.29, 0.717) is 0 Å². The molecule has 12 nitrogen and oxygen atoms in total. The van der Waals surface area contributed by atoms with E-state index in [-0.39, 0.29) is 0 Å². The highest BCUT2D eigenvalue weighted by Gasteiger charge is 2.63. The van der Waals surface area contributed by atoms with Crippen LogP contribution in [0.2, 0.25) is 0 Å². The number of rotatable bonds is 10. The van der Waals surface area contributed by atoms with Gasteiger partial charge in [0.2, 0.25) is 0 Å². The van der Waals surface area contributed by atoms with Crippen molar-refractivity contribution in [2.75, 3.05) is 42.7 Å². The van der Waals surface area contributed by atoms with Crippen molar-refractivity contribution in [3.05, 3.63) is 0 Å². The number of ether oxygens (including phenoxy) is 6. The molecule has 12 heteroatoms. The maximum absolute atomic E-state index is 12.7. The molecule has 0 aromatic heterocycles. The minimum atomic E-state index is -2.71. The molecule has 0 saturated heterocycles. The van der Waals surface area contributed by atoms with Crippen molar-refractivity contribution < 1.29 is 57.2 Å². The Morgan fingerprint density at radius 1 is 0.621 bits per heavy atom. The molecule has 0 bridgehead atoms. The van der Waals surface area contributed by atoms with Gasteiger partial charge in [-0.1, -0.05) is 0 Å². The van der Waals surface area contributed by atoms with Crippen molar-refractivity contribution in [3.63, 3.8) is 0 Å². The van der Waals surface area contributed by atoms with Gasteiger partial charge in [-0.3, -0.25) is 28.8 Å². The number of carbonyl (C=O) groups excluding carboxylic acids is 6. The summed E-state index contributed by atoms with van der Waals surface area (Å²) in [5, 5.41) is 0. The predicted octanol–water partition coefficient (Wildman–Crippen LogP) is -0.977. The number of methoxy groups -OCH3 is 6. The molecule has 0 aliphatic rings. The molecule has 0 spiro atoms. The first-order valence-electron chi connectivity index (χ1n) is 8.07. The Morgan fingerprint density at radius 3 is 1.41 bits per heavy atom.